The Labute approximate surface area is 224 Å². The molecule has 2 N–H and O–H groups in total. The summed E-state index contributed by atoms with van der Waals surface area (Å²) < 4.78 is 20.7. The smallest absolute Gasteiger partial charge is 0.490 e. The molecule has 1 aromatic heterocycles. The maximum atomic E-state index is 11.3. The van der Waals surface area contributed by atoms with Crippen LogP contribution in [0.15, 0.2) is 67.0 Å². The fourth-order valence-corrected chi connectivity index (χ4v) is 5.30. The predicted molar refractivity (Wildman–Crippen MR) is 146 cm³/mol. The molecule has 2 aliphatic rings. The third-order valence-corrected chi connectivity index (χ3v) is 8.01. The van der Waals surface area contributed by atoms with E-state index >= 15 is 0 Å². The normalized spacial score (nSPS) is 23.9. The monoisotopic (exact) mass is 517 g/mol. The van der Waals surface area contributed by atoms with Gasteiger partial charge in [-0.05, 0) is 63.8 Å². The van der Waals surface area contributed by atoms with Crippen LogP contribution in [0.4, 0.5) is 4.79 Å². The van der Waals surface area contributed by atoms with Crippen LogP contribution in [0.3, 0.4) is 0 Å². The lowest BCUT2D eigenvalue weighted by atomic mass is 9.82. The lowest BCUT2D eigenvalue weighted by molar-refractivity contribution is 0.00578. The largest absolute Gasteiger partial charge is 0.498 e. The van der Waals surface area contributed by atoms with Gasteiger partial charge in [-0.2, -0.15) is 5.10 Å². The van der Waals surface area contributed by atoms with Crippen LogP contribution in [-0.2, 0) is 22.3 Å². The van der Waals surface area contributed by atoms with Crippen molar-refractivity contribution in [2.24, 2.45) is 5.92 Å². The fourth-order valence-electron chi connectivity index (χ4n) is 5.30. The molecule has 2 aromatic carbocycles. The second kappa shape index (κ2) is 10.5. The summed E-state index contributed by atoms with van der Waals surface area (Å²) in [4.78, 5) is 11.3. The molecule has 2 fully saturated rings. The van der Waals surface area contributed by atoms with E-state index < -0.39 is 24.4 Å². The molecule has 2 heterocycles. The third kappa shape index (κ3) is 5.89. The Morgan fingerprint density at radius 1 is 1.08 bits per heavy atom. The molecule has 1 aliphatic carbocycles. The van der Waals surface area contributed by atoms with Crippen molar-refractivity contribution < 1.29 is 23.9 Å². The molecule has 0 radical (unpaired) electrons. The zero-order valence-corrected chi connectivity index (χ0v) is 22.5. The summed E-state index contributed by atoms with van der Waals surface area (Å²) in [5, 5.41) is 16.4. The van der Waals surface area contributed by atoms with Crippen LogP contribution in [0.25, 0.3) is 0 Å². The molecule has 200 valence electrons. The van der Waals surface area contributed by atoms with Gasteiger partial charge in [0.1, 0.15) is 11.9 Å². The fraction of sp³-hybridized carbons (Fsp3) is 0.448. The summed E-state index contributed by atoms with van der Waals surface area (Å²) in [6, 6.07) is 18.2. The quantitative estimate of drug-likeness (QED) is 0.434. The molecule has 0 spiro atoms. The van der Waals surface area contributed by atoms with Gasteiger partial charge in [-0.15, -0.1) is 0 Å². The molecule has 1 unspecified atom stereocenters. The van der Waals surface area contributed by atoms with Gasteiger partial charge >= 0.3 is 13.2 Å². The summed E-state index contributed by atoms with van der Waals surface area (Å²) in [7, 11) is -0.445. The number of nitrogens with zero attached hydrogens (tertiary/aromatic N) is 2. The second-order valence-electron chi connectivity index (χ2n) is 11.4. The number of ether oxygens (including phenoxy) is 1. The second-order valence-corrected chi connectivity index (χ2v) is 11.4. The van der Waals surface area contributed by atoms with Crippen LogP contribution >= 0.6 is 0 Å². The molecular formula is C29H36BN3O5. The average Bonchev–Trinajstić information content (AvgIpc) is 3.51. The maximum absolute atomic E-state index is 11.3. The van der Waals surface area contributed by atoms with Crippen LogP contribution < -0.4 is 15.5 Å². The molecule has 3 atom stereocenters. The van der Waals surface area contributed by atoms with Crippen molar-refractivity contribution in [3.05, 3.63) is 78.1 Å². The zero-order chi connectivity index (χ0) is 26.9. The lowest BCUT2D eigenvalue weighted by Gasteiger charge is -2.32. The van der Waals surface area contributed by atoms with Crippen LogP contribution in [0.5, 0.6) is 5.75 Å². The first-order valence-corrected chi connectivity index (χ1v) is 13.2. The number of carbonyl (C=O) groups is 1. The van der Waals surface area contributed by atoms with Gasteiger partial charge in [-0.1, -0.05) is 42.5 Å². The zero-order valence-electron chi connectivity index (χ0n) is 22.5. The van der Waals surface area contributed by atoms with Gasteiger partial charge in [0.15, 0.2) is 0 Å². The van der Waals surface area contributed by atoms with Crippen LogP contribution in [0.1, 0.15) is 51.7 Å². The Morgan fingerprint density at radius 2 is 1.79 bits per heavy atom. The van der Waals surface area contributed by atoms with E-state index in [1.54, 1.807) is 6.20 Å². The van der Waals surface area contributed by atoms with Crippen molar-refractivity contribution in [3.63, 3.8) is 0 Å². The van der Waals surface area contributed by atoms with E-state index in [0.29, 0.717) is 13.0 Å². The molecule has 3 aromatic rings. The van der Waals surface area contributed by atoms with E-state index in [1.165, 1.54) is 5.56 Å². The van der Waals surface area contributed by atoms with Gasteiger partial charge in [-0.25, -0.2) is 4.79 Å². The van der Waals surface area contributed by atoms with Gasteiger partial charge in [0, 0.05) is 36.2 Å². The molecule has 38 heavy (non-hydrogen) atoms. The van der Waals surface area contributed by atoms with Gasteiger partial charge in [0.05, 0.1) is 17.7 Å². The molecule has 5 rings (SSSR count). The van der Waals surface area contributed by atoms with Gasteiger partial charge in [-0.3, -0.25) is 4.68 Å². The minimum Gasteiger partial charge on any atom is -0.490 e. The summed E-state index contributed by atoms with van der Waals surface area (Å²) >= 11 is 0. The first-order chi connectivity index (χ1) is 18.1. The standard InChI is InChI=1S/C29H36BN3O5/c1-28(2)29(3,4)38-30(37-28)23-17-31-33(19-23)18-21-11-8-12-25(14-21)36-26-16-24(32-27(34)35)15-22(26)13-20-9-6-5-7-10-20/h5-12,14,17,19,22,24,26,32H,13,15-16,18H2,1-4H3,(H,34,35)/t22-,24?,26+/m0/s1. The highest BCUT2D eigenvalue weighted by Crippen LogP contribution is 2.36. The number of carboxylic acid groups (broad SMARTS) is 1. The van der Waals surface area contributed by atoms with Crippen molar-refractivity contribution in [2.75, 3.05) is 0 Å². The molecular weight excluding hydrogens is 481 g/mol. The van der Waals surface area contributed by atoms with E-state index in [0.717, 1.165) is 29.6 Å². The van der Waals surface area contributed by atoms with E-state index in [-0.39, 0.29) is 18.1 Å². The number of nitrogens with one attached hydrogen (secondary N) is 1. The molecule has 8 nitrogen and oxygen atoms in total. The Hall–Kier alpha value is -3.30. The Morgan fingerprint density at radius 3 is 2.50 bits per heavy atom. The van der Waals surface area contributed by atoms with Crippen LogP contribution in [0.2, 0.25) is 0 Å². The number of aromatic nitrogens is 2. The Balaban J connectivity index is 1.25. The van der Waals surface area contributed by atoms with E-state index in [4.69, 9.17) is 14.0 Å². The lowest BCUT2D eigenvalue weighted by Crippen LogP contribution is -2.41. The molecule has 1 amide bonds. The molecule has 9 heteroatoms. The minimum absolute atomic E-state index is 0.0815. The summed E-state index contributed by atoms with van der Waals surface area (Å²) in [5.41, 5.74) is 2.38. The van der Waals surface area contributed by atoms with Crippen molar-refractivity contribution in [1.29, 1.82) is 0 Å². The SMILES string of the molecule is CC1(C)OB(c2cnn(Cc3cccc(O[C@@H]4CC(NC(=O)O)C[C@@H]4Cc4ccccc4)c3)c2)OC1(C)C. The average molecular weight is 517 g/mol. The third-order valence-electron chi connectivity index (χ3n) is 8.01. The maximum Gasteiger partial charge on any atom is 0.498 e. The molecule has 1 saturated heterocycles. The first-order valence-electron chi connectivity index (χ1n) is 13.2. The van der Waals surface area contributed by atoms with Gasteiger partial charge in [0.2, 0.25) is 0 Å². The van der Waals surface area contributed by atoms with E-state index in [1.807, 2.05) is 81.0 Å². The number of rotatable bonds is 8. The molecule has 1 aliphatic heterocycles. The van der Waals surface area contributed by atoms with Crippen molar-refractivity contribution in [3.8, 4) is 5.75 Å². The van der Waals surface area contributed by atoms with E-state index in [9.17, 15) is 9.90 Å². The minimum atomic E-state index is -0.991. The van der Waals surface area contributed by atoms with Crippen LogP contribution in [0, 0.1) is 5.92 Å². The molecule has 1 saturated carbocycles. The van der Waals surface area contributed by atoms with Gasteiger partial charge < -0.3 is 24.5 Å². The number of amides is 1. The van der Waals surface area contributed by atoms with Crippen molar-refractivity contribution in [1.82, 2.24) is 15.1 Å². The topological polar surface area (TPSA) is 94.8 Å². The van der Waals surface area contributed by atoms with Gasteiger partial charge in [0.25, 0.3) is 0 Å². The summed E-state index contributed by atoms with van der Waals surface area (Å²) in [6.07, 6.45) is 4.93. The first kappa shape index (κ1) is 26.3. The highest BCUT2D eigenvalue weighted by atomic mass is 16.7. The highest BCUT2D eigenvalue weighted by Gasteiger charge is 2.52. The van der Waals surface area contributed by atoms with Crippen molar-refractivity contribution in [2.45, 2.75) is 76.9 Å². The molecule has 0 bridgehead atoms. The van der Waals surface area contributed by atoms with Crippen LogP contribution in [-0.4, -0.2) is 51.4 Å². The highest BCUT2D eigenvalue weighted by molar-refractivity contribution is 6.62. The number of hydrogen-bond acceptors (Lipinski definition) is 5. The summed E-state index contributed by atoms with van der Waals surface area (Å²) in [5.74, 6) is 0.992. The van der Waals surface area contributed by atoms with E-state index in [2.05, 4.69) is 22.5 Å². The summed E-state index contributed by atoms with van der Waals surface area (Å²) in [6.45, 7) is 8.74. The Kier molecular flexibility index (Phi) is 7.24. The number of benzene rings is 2. The number of hydrogen-bond donors (Lipinski definition) is 2. The predicted octanol–water partition coefficient (Wildman–Crippen LogP) is 4.27. The Bertz CT molecular complexity index is 1250. The van der Waals surface area contributed by atoms with Crippen molar-refractivity contribution >= 4 is 18.7 Å².